The van der Waals surface area contributed by atoms with Crippen molar-refractivity contribution in [2.45, 2.75) is 31.6 Å². The van der Waals surface area contributed by atoms with Gasteiger partial charge in [-0.25, -0.2) is 8.42 Å². The first kappa shape index (κ1) is 22.6. The molecule has 0 unspecified atom stereocenters. The zero-order valence-electron chi connectivity index (χ0n) is 18.8. The van der Waals surface area contributed by atoms with Gasteiger partial charge in [-0.3, -0.25) is 4.79 Å². The molecule has 1 atom stereocenters. The van der Waals surface area contributed by atoms with Crippen molar-refractivity contribution in [2.24, 2.45) is 5.92 Å². The van der Waals surface area contributed by atoms with Gasteiger partial charge in [0.2, 0.25) is 15.9 Å². The summed E-state index contributed by atoms with van der Waals surface area (Å²) in [6.45, 7) is 6.55. The molecular formula is C22H30N4O5S. The van der Waals surface area contributed by atoms with Crippen molar-refractivity contribution < 1.29 is 22.5 Å². The number of methoxy groups -OCH3 is 1. The Morgan fingerprint density at radius 1 is 1.09 bits per heavy atom. The second-order valence-corrected chi connectivity index (χ2v) is 10.2. The number of amides is 1. The van der Waals surface area contributed by atoms with Crippen LogP contribution in [-0.2, 0) is 14.8 Å². The molecule has 1 aromatic carbocycles. The summed E-state index contributed by atoms with van der Waals surface area (Å²) < 4.78 is 38.0. The van der Waals surface area contributed by atoms with Gasteiger partial charge in [-0.2, -0.15) is 4.31 Å². The fraction of sp³-hybridized carbons (Fsp3) is 0.545. The van der Waals surface area contributed by atoms with E-state index in [9.17, 15) is 13.2 Å². The SMILES string of the molecule is COc1ccc(N2CCN(C(=O)[C@H]3CCCN(S(=O)(=O)c4c(C)noc4C)C3)CC2)cc1. The topological polar surface area (TPSA) is 96.2 Å². The number of aryl methyl sites for hydroxylation is 2. The Morgan fingerprint density at radius 3 is 2.38 bits per heavy atom. The molecule has 0 spiro atoms. The highest BCUT2D eigenvalue weighted by Gasteiger charge is 2.38. The number of ether oxygens (including phenoxy) is 1. The predicted octanol–water partition coefficient (Wildman–Crippen LogP) is 2.05. The molecule has 174 valence electrons. The Hall–Kier alpha value is -2.59. The number of hydrogen-bond acceptors (Lipinski definition) is 7. The number of piperazine rings is 1. The van der Waals surface area contributed by atoms with Crippen molar-refractivity contribution in [2.75, 3.05) is 51.3 Å². The van der Waals surface area contributed by atoms with Gasteiger partial charge in [0.05, 0.1) is 13.0 Å². The Bertz CT molecular complexity index is 1040. The first-order valence-corrected chi connectivity index (χ1v) is 12.4. The first-order chi connectivity index (χ1) is 15.3. The first-order valence-electron chi connectivity index (χ1n) is 10.9. The maximum Gasteiger partial charge on any atom is 0.248 e. The lowest BCUT2D eigenvalue weighted by Gasteiger charge is -2.39. The van der Waals surface area contributed by atoms with Gasteiger partial charge in [0.25, 0.3) is 0 Å². The lowest BCUT2D eigenvalue weighted by atomic mass is 9.97. The van der Waals surface area contributed by atoms with Crippen LogP contribution < -0.4 is 9.64 Å². The molecule has 0 N–H and O–H groups in total. The maximum atomic E-state index is 13.2. The largest absolute Gasteiger partial charge is 0.497 e. The second kappa shape index (κ2) is 9.11. The van der Waals surface area contributed by atoms with Crippen LogP contribution in [-0.4, -0.2) is 75.1 Å². The summed E-state index contributed by atoms with van der Waals surface area (Å²) in [5.74, 6) is 0.811. The van der Waals surface area contributed by atoms with Gasteiger partial charge in [0, 0.05) is 45.0 Å². The molecule has 2 aromatic rings. The van der Waals surface area contributed by atoms with Crippen molar-refractivity contribution in [3.8, 4) is 5.75 Å². The number of benzene rings is 1. The number of carbonyl (C=O) groups is 1. The Balaban J connectivity index is 1.38. The average Bonchev–Trinajstić information content (AvgIpc) is 3.17. The fourth-order valence-corrected chi connectivity index (χ4v) is 6.39. The number of rotatable bonds is 5. The van der Waals surface area contributed by atoms with Gasteiger partial charge >= 0.3 is 0 Å². The van der Waals surface area contributed by atoms with Crippen LogP contribution in [0.25, 0.3) is 0 Å². The molecule has 1 amide bonds. The van der Waals surface area contributed by atoms with Crippen LogP contribution >= 0.6 is 0 Å². The number of piperidine rings is 1. The van der Waals surface area contributed by atoms with Crippen LogP contribution in [0.1, 0.15) is 24.3 Å². The number of aromatic nitrogens is 1. The normalized spacial score (nSPS) is 20.4. The summed E-state index contributed by atoms with van der Waals surface area (Å²) in [5, 5.41) is 3.78. The summed E-state index contributed by atoms with van der Waals surface area (Å²) in [5.41, 5.74) is 1.46. The number of hydrogen-bond donors (Lipinski definition) is 0. The molecule has 2 aliphatic heterocycles. The van der Waals surface area contributed by atoms with Crippen molar-refractivity contribution in [3.63, 3.8) is 0 Å². The highest BCUT2D eigenvalue weighted by molar-refractivity contribution is 7.89. The van der Waals surface area contributed by atoms with Gasteiger partial charge in [-0.05, 0) is 51.0 Å². The highest BCUT2D eigenvalue weighted by Crippen LogP contribution is 2.29. The van der Waals surface area contributed by atoms with Crippen molar-refractivity contribution in [1.29, 1.82) is 0 Å². The lowest BCUT2D eigenvalue weighted by Crippen LogP contribution is -2.53. The van der Waals surface area contributed by atoms with Gasteiger partial charge in [0.1, 0.15) is 16.3 Å². The molecule has 1 aromatic heterocycles. The number of sulfonamides is 1. The van der Waals surface area contributed by atoms with E-state index in [4.69, 9.17) is 9.26 Å². The van der Waals surface area contributed by atoms with E-state index in [2.05, 4.69) is 10.1 Å². The molecule has 2 fully saturated rings. The molecular weight excluding hydrogens is 432 g/mol. The van der Waals surface area contributed by atoms with E-state index >= 15 is 0 Å². The molecule has 10 heteroatoms. The maximum absolute atomic E-state index is 13.2. The molecule has 9 nitrogen and oxygen atoms in total. The van der Waals surface area contributed by atoms with E-state index in [0.29, 0.717) is 38.2 Å². The van der Waals surface area contributed by atoms with E-state index in [1.54, 1.807) is 21.0 Å². The molecule has 0 bridgehead atoms. The van der Waals surface area contributed by atoms with E-state index in [1.807, 2.05) is 29.2 Å². The summed E-state index contributed by atoms with van der Waals surface area (Å²) in [6, 6.07) is 7.91. The smallest absolute Gasteiger partial charge is 0.248 e. The zero-order valence-corrected chi connectivity index (χ0v) is 19.6. The number of nitrogens with zero attached hydrogens (tertiary/aromatic N) is 4. The molecule has 0 aliphatic carbocycles. The van der Waals surface area contributed by atoms with Gasteiger partial charge in [0.15, 0.2) is 5.76 Å². The van der Waals surface area contributed by atoms with E-state index in [-0.39, 0.29) is 29.0 Å². The standard InChI is InChI=1S/C22H30N4O5S/c1-16-21(17(2)31-23-16)32(28,29)26-10-4-5-18(15-26)22(27)25-13-11-24(12-14-25)19-6-8-20(30-3)9-7-19/h6-9,18H,4-5,10-15H2,1-3H3/t18-/m0/s1. The van der Waals surface area contributed by atoms with Crippen LogP contribution in [0.2, 0.25) is 0 Å². The van der Waals surface area contributed by atoms with Crippen LogP contribution in [0.4, 0.5) is 5.69 Å². The Labute approximate surface area is 189 Å². The summed E-state index contributed by atoms with van der Waals surface area (Å²) >= 11 is 0. The summed E-state index contributed by atoms with van der Waals surface area (Å²) in [7, 11) is -2.10. The lowest BCUT2D eigenvalue weighted by molar-refractivity contribution is -0.137. The third-order valence-corrected chi connectivity index (χ3v) is 8.44. The minimum Gasteiger partial charge on any atom is -0.497 e. The minimum atomic E-state index is -3.74. The van der Waals surface area contributed by atoms with E-state index < -0.39 is 10.0 Å². The van der Waals surface area contributed by atoms with Gasteiger partial charge in [-0.1, -0.05) is 5.16 Å². The van der Waals surface area contributed by atoms with Gasteiger partial charge in [-0.15, -0.1) is 0 Å². The van der Waals surface area contributed by atoms with Crippen LogP contribution in [0.15, 0.2) is 33.7 Å². The van der Waals surface area contributed by atoms with Crippen LogP contribution in [0.3, 0.4) is 0 Å². The molecule has 2 saturated heterocycles. The van der Waals surface area contributed by atoms with Crippen LogP contribution in [0.5, 0.6) is 5.75 Å². The Morgan fingerprint density at radius 2 is 1.78 bits per heavy atom. The molecule has 0 radical (unpaired) electrons. The highest BCUT2D eigenvalue weighted by atomic mass is 32.2. The Kier molecular flexibility index (Phi) is 6.43. The van der Waals surface area contributed by atoms with E-state index in [0.717, 1.165) is 24.5 Å². The zero-order chi connectivity index (χ0) is 22.9. The second-order valence-electron chi connectivity index (χ2n) is 8.37. The predicted molar refractivity (Wildman–Crippen MR) is 119 cm³/mol. The van der Waals surface area contributed by atoms with E-state index in [1.165, 1.54) is 4.31 Å². The number of anilines is 1. The third-order valence-electron chi connectivity index (χ3n) is 6.33. The third kappa shape index (κ3) is 4.33. The molecule has 32 heavy (non-hydrogen) atoms. The van der Waals surface area contributed by atoms with Crippen molar-refractivity contribution >= 4 is 21.6 Å². The monoisotopic (exact) mass is 462 g/mol. The van der Waals surface area contributed by atoms with Crippen molar-refractivity contribution in [3.05, 3.63) is 35.7 Å². The summed E-state index contributed by atoms with van der Waals surface area (Å²) in [6.07, 6.45) is 1.36. The van der Waals surface area contributed by atoms with Gasteiger partial charge < -0.3 is 19.1 Å². The molecule has 2 aliphatic rings. The quantitative estimate of drug-likeness (QED) is 0.671. The van der Waals surface area contributed by atoms with Crippen molar-refractivity contribution in [1.82, 2.24) is 14.4 Å². The fourth-order valence-electron chi connectivity index (χ4n) is 4.57. The molecule has 3 heterocycles. The minimum absolute atomic E-state index is 0.0399. The molecule has 4 rings (SSSR count). The summed E-state index contributed by atoms with van der Waals surface area (Å²) in [4.78, 5) is 17.5. The van der Waals surface area contributed by atoms with Crippen LogP contribution in [0, 0.1) is 19.8 Å². The average molecular weight is 463 g/mol. The molecule has 0 saturated carbocycles. The number of carbonyl (C=O) groups excluding carboxylic acids is 1.